The molecule has 0 aromatic heterocycles. The highest BCUT2D eigenvalue weighted by molar-refractivity contribution is 6.74. The van der Waals surface area contributed by atoms with Crippen molar-refractivity contribution in [1.82, 2.24) is 34.3 Å². The minimum Gasteiger partial charge on any atom is -0.444 e. The summed E-state index contributed by atoms with van der Waals surface area (Å²) in [6.07, 6.45) is 3.92. The van der Waals surface area contributed by atoms with E-state index in [1.165, 1.54) is 37.5 Å². The number of ether oxygens (including phenoxy) is 4. The largest absolute Gasteiger partial charge is 0.444 e. The van der Waals surface area contributed by atoms with Gasteiger partial charge in [0.15, 0.2) is 16.6 Å². The molecular weight excluding hydrogens is 1800 g/mol. The molecule has 138 heavy (non-hydrogen) atoms. The lowest BCUT2D eigenvalue weighted by Crippen LogP contribution is -2.47. The number of rotatable bonds is 14. The number of amides is 6. The maximum Gasteiger partial charge on any atom is 0.411 e. The standard InChI is InChI=1S/C22H23F2NO2.C22H37NO3Si.C21H35NO3Si.C20H20F2N2O.C16H23NO3.C6H15N.C2H3N.3FH/c1-21(2,3)27-20(26)25-14-15(18-12-17(23)10-11-19(18)24)13-22(25,4)16-8-6-5-7-9-16;1-20(2,3)25-19(24)23-16-18(26-27(8,9)21(4,5)6)15-22(23,7)17-13-11-10-12-14-17;1-20(2,3)24-19(23)22-15-17(25-26(7,8)21(4,5)6)14-18(22)16-12-10-9-11-13-16;1-20(15-7-5-4-6-8-15)12-14(13-24(20)19(25)23(2)3)17-11-16(21)9-10-18(17)22;1-15(2,3)20-14(19)17-11-13(18)10-16(17,4)12-8-6-5-7-9-12;1-4-7(5-2)6-3;1-2-3;;;/h5-13H,14H2,1-4H3;10-14,18H,15-16H2,1-9H3;9-13,17-18H,14-15H2,1-8H3;4-12H,13H2,1-3H3;5-9,13,18H,10-11H2,1-4H3;4-6H2,1-3H3;1H3;3*1H/t22-;18-,22+;17-,18+;20-;13-,16-;;;;;/m01100...../s1. The van der Waals surface area contributed by atoms with E-state index in [0.717, 1.165) is 71.0 Å². The summed E-state index contributed by atoms with van der Waals surface area (Å²) in [4.78, 5) is 76.2. The van der Waals surface area contributed by atoms with Crippen molar-refractivity contribution in [2.45, 2.75) is 304 Å². The second kappa shape index (κ2) is 50.2. The molecule has 3 fully saturated rings. The van der Waals surface area contributed by atoms with Gasteiger partial charge in [-0.25, -0.2) is 41.5 Å². The number of nitrogens with zero attached hydrogens (tertiary/aromatic N) is 8. The third-order valence-corrected chi connectivity index (χ3v) is 34.5. The van der Waals surface area contributed by atoms with Gasteiger partial charge >= 0.3 is 30.4 Å². The first-order valence-electron chi connectivity index (χ1n) is 47.1. The molecule has 0 bridgehead atoms. The van der Waals surface area contributed by atoms with Gasteiger partial charge in [-0.1, -0.05) is 214 Å². The molecule has 12 rings (SSSR count). The van der Waals surface area contributed by atoms with Gasteiger partial charge < -0.3 is 47.6 Å². The van der Waals surface area contributed by atoms with Crippen LogP contribution in [-0.2, 0) is 50.0 Å². The minimum atomic E-state index is -1.92. The van der Waals surface area contributed by atoms with E-state index in [1.54, 1.807) is 55.6 Å². The van der Waals surface area contributed by atoms with Crippen LogP contribution in [0.25, 0.3) is 11.1 Å². The molecule has 1 N–H and O–H groups in total. The van der Waals surface area contributed by atoms with Crippen molar-refractivity contribution < 1.29 is 88.6 Å². The number of halogens is 7. The first-order chi connectivity index (χ1) is 62.4. The number of carbonyl (C=O) groups excluding carboxylic acids is 5. The predicted molar refractivity (Wildman–Crippen MR) is 547 cm³/mol. The molecule has 0 spiro atoms. The molecule has 0 unspecified atom stereocenters. The number of benzene rings is 7. The summed E-state index contributed by atoms with van der Waals surface area (Å²) in [5, 5.41) is 17.6. The number of likely N-dealkylation sites (tertiary alicyclic amines) is 3. The Morgan fingerprint density at radius 2 is 0.754 bits per heavy atom. The smallest absolute Gasteiger partial charge is 0.411 e. The van der Waals surface area contributed by atoms with Crippen LogP contribution in [0.5, 0.6) is 0 Å². The van der Waals surface area contributed by atoms with Crippen LogP contribution < -0.4 is 0 Å². The molecule has 5 aliphatic heterocycles. The van der Waals surface area contributed by atoms with Crippen LogP contribution in [0.3, 0.4) is 0 Å². The van der Waals surface area contributed by atoms with E-state index in [0.29, 0.717) is 37.2 Å². The van der Waals surface area contributed by atoms with E-state index >= 15 is 0 Å². The van der Waals surface area contributed by atoms with Crippen LogP contribution in [0.4, 0.5) is 55.6 Å². The van der Waals surface area contributed by atoms with Gasteiger partial charge in [0.1, 0.15) is 45.7 Å². The molecule has 764 valence electrons. The summed E-state index contributed by atoms with van der Waals surface area (Å²) in [5.74, 6) is -2.05. The third kappa shape index (κ3) is 33.4. The summed E-state index contributed by atoms with van der Waals surface area (Å²) in [6, 6.07) is 57.5. The van der Waals surface area contributed by atoms with E-state index in [4.69, 9.17) is 33.1 Å². The fraction of sp³-hybridized carbons (Fsp3) is 0.523. The van der Waals surface area contributed by atoms with Gasteiger partial charge in [0.05, 0.1) is 65.7 Å². The number of urea groups is 1. The Balaban J connectivity index is 0.000000431. The van der Waals surface area contributed by atoms with Gasteiger partial charge in [0, 0.05) is 64.6 Å². The van der Waals surface area contributed by atoms with Gasteiger partial charge in [-0.2, -0.15) is 5.26 Å². The molecule has 0 radical (unpaired) electrons. The van der Waals surface area contributed by atoms with E-state index < -0.39 is 96.7 Å². The summed E-state index contributed by atoms with van der Waals surface area (Å²) in [6.45, 7) is 66.1. The fourth-order valence-electron chi connectivity index (χ4n) is 16.2. The number of β-amino-alcohol motifs (C(OH)–C–C–N with tert-alkyl or cyclic N) is 1. The van der Waals surface area contributed by atoms with Crippen molar-refractivity contribution >= 4 is 58.2 Å². The van der Waals surface area contributed by atoms with Gasteiger partial charge in [0.25, 0.3) is 0 Å². The molecule has 7 aromatic rings. The quantitative estimate of drug-likeness (QED) is 0.0611. The molecule has 0 saturated carbocycles. The topological polar surface area (TPSA) is 207 Å². The molecular formula is C109H159F7N8O12Si2. The van der Waals surface area contributed by atoms with E-state index in [2.05, 4.69) is 125 Å². The number of carbonyl (C=O) groups is 5. The van der Waals surface area contributed by atoms with Crippen molar-refractivity contribution in [3.05, 3.63) is 262 Å². The molecule has 20 nitrogen and oxygen atoms in total. The molecule has 3 saturated heterocycles. The zero-order chi connectivity index (χ0) is 102. The van der Waals surface area contributed by atoms with Crippen molar-refractivity contribution in [2.75, 3.05) is 66.5 Å². The molecule has 5 aliphatic rings. The van der Waals surface area contributed by atoms with Gasteiger partial charge in [-0.05, 0) is 261 Å². The molecule has 0 aliphatic carbocycles. The molecule has 7 aromatic carbocycles. The zero-order valence-electron chi connectivity index (χ0n) is 87.9. The van der Waals surface area contributed by atoms with Crippen molar-refractivity contribution in [3.63, 3.8) is 0 Å². The molecule has 6 amide bonds. The lowest BCUT2D eigenvalue weighted by Gasteiger charge is -2.38. The van der Waals surface area contributed by atoms with Crippen LogP contribution in [-0.4, -0.2) is 194 Å². The Hall–Kier alpha value is -10.4. The third-order valence-electron chi connectivity index (χ3n) is 25.4. The number of aliphatic hydroxyl groups is 1. The van der Waals surface area contributed by atoms with Crippen LogP contribution in [0.15, 0.2) is 200 Å². The Bertz CT molecular complexity index is 5130. The monoisotopic (exact) mass is 1960 g/mol. The molecule has 29 heteroatoms. The van der Waals surface area contributed by atoms with Crippen molar-refractivity contribution in [2.24, 2.45) is 0 Å². The predicted octanol–water partition coefficient (Wildman–Crippen LogP) is 26.7. The van der Waals surface area contributed by atoms with Crippen LogP contribution in [0, 0.1) is 34.6 Å². The maximum absolute atomic E-state index is 14.3. The number of hydrogen-bond acceptors (Lipinski definition) is 14. The highest BCUT2D eigenvalue weighted by Gasteiger charge is 2.53. The van der Waals surface area contributed by atoms with Crippen LogP contribution in [0.1, 0.15) is 244 Å². The van der Waals surface area contributed by atoms with Crippen molar-refractivity contribution in [3.8, 4) is 6.07 Å². The van der Waals surface area contributed by atoms with E-state index in [-0.39, 0.29) is 91.0 Å². The van der Waals surface area contributed by atoms with Crippen molar-refractivity contribution in [1.29, 1.82) is 5.26 Å². The van der Waals surface area contributed by atoms with Gasteiger partial charge in [0.2, 0.25) is 0 Å². The summed E-state index contributed by atoms with van der Waals surface area (Å²) >= 11 is 0. The Morgan fingerprint density at radius 1 is 0.442 bits per heavy atom. The SMILES string of the molecule is CC#N.CC(C)(C)OC(=O)N1CC(c2cc(F)ccc2F)=C[C@@]1(C)c1ccccc1.CC(C)(C)OC(=O)N1C[C@@H](O)C[C@@]1(C)c1ccccc1.CC(C)(C)OC(=O)N1C[C@H](O[Si](C)(C)C(C)(C)C)C[C@@]1(C)c1ccccc1.CC(C)(C)OC(=O)N1C[C@H](O[Si](C)(C)C(C)(C)C)C[C@H]1c1ccccc1.CCN(CC)CC.CN(C)C(=O)N1CC(c2cc(F)ccc2F)=C[C@@]1(C)c1ccccc1.F.F.F. The average molecular weight is 1960 g/mol. The molecule has 8 atom stereocenters. The zero-order valence-corrected chi connectivity index (χ0v) is 89.9. The Kier molecular flexibility index (Phi) is 44.3. The van der Waals surface area contributed by atoms with Gasteiger partial charge in [-0.15, -0.1) is 0 Å². The lowest BCUT2D eigenvalue weighted by atomic mass is 9.89. The summed E-state index contributed by atoms with van der Waals surface area (Å²) < 4.78 is 91.6. The second-order valence-electron chi connectivity index (χ2n) is 43.1. The highest BCUT2D eigenvalue weighted by Crippen LogP contribution is 2.49. The number of nitriles is 1. The average Bonchev–Trinajstić information content (AvgIpc) is 1.62. The number of hydrogen-bond donors (Lipinski definition) is 1. The first kappa shape index (κ1) is 122. The maximum atomic E-state index is 14.3. The van der Waals surface area contributed by atoms with E-state index in [1.807, 2.05) is 232 Å². The van der Waals surface area contributed by atoms with Crippen LogP contribution >= 0.6 is 0 Å². The Morgan fingerprint density at radius 3 is 1.09 bits per heavy atom. The summed E-state index contributed by atoms with van der Waals surface area (Å²) in [7, 11) is -0.464. The fourth-order valence-corrected chi connectivity index (χ4v) is 18.9. The van der Waals surface area contributed by atoms with E-state index in [9.17, 15) is 46.6 Å². The lowest BCUT2D eigenvalue weighted by molar-refractivity contribution is 0.00808. The highest BCUT2D eigenvalue weighted by atomic mass is 28.4. The molecule has 5 heterocycles. The van der Waals surface area contributed by atoms with Gasteiger partial charge in [-0.3, -0.25) is 33.7 Å². The normalized spacial score (nSPS) is 20.7. The Labute approximate surface area is 821 Å². The van der Waals surface area contributed by atoms with Crippen LogP contribution in [0.2, 0.25) is 36.3 Å². The number of aliphatic hydroxyl groups excluding tert-OH is 1. The summed E-state index contributed by atoms with van der Waals surface area (Å²) in [5.41, 5.74) is 1.78. The second-order valence-corrected chi connectivity index (χ2v) is 52.6. The minimum absolute atomic E-state index is 0. The first-order valence-corrected chi connectivity index (χ1v) is 52.9.